The number of carbonyl (C=O) groups excluding carboxylic acids is 3. The van der Waals surface area contributed by atoms with E-state index in [-0.39, 0.29) is 30.3 Å². The molecule has 1 aliphatic rings. The van der Waals surface area contributed by atoms with Crippen LogP contribution < -0.4 is 10.6 Å². The molecule has 1 saturated heterocycles. The topological polar surface area (TPSA) is 84.5 Å². The summed E-state index contributed by atoms with van der Waals surface area (Å²) in [6.45, 7) is 6.08. The van der Waals surface area contributed by atoms with Gasteiger partial charge in [0, 0.05) is 5.38 Å². The minimum atomic E-state index is -0.666. The zero-order chi connectivity index (χ0) is 18.4. The molecule has 2 amide bonds. The van der Waals surface area contributed by atoms with Gasteiger partial charge in [0.15, 0.2) is 5.78 Å². The maximum atomic E-state index is 12.7. The SMILES string of the molecule is CCC1OCC(=O)C1NC(=O)[C@H](CCC(C)C)NC(=O)c1ccsc1. The molecule has 2 N–H and O–H groups in total. The molecule has 0 radical (unpaired) electrons. The standard InChI is InChI=1S/C18H26N2O4S/c1-4-15-16(14(21)9-24-15)20-18(23)13(6-5-11(2)3)19-17(22)12-7-8-25-10-12/h7-8,10-11,13,15-16H,4-6,9H2,1-3H3,(H,19,22)(H,20,23)/t13-,15?,16?/m0/s1. The Morgan fingerprint density at radius 3 is 2.72 bits per heavy atom. The molecular weight excluding hydrogens is 340 g/mol. The summed E-state index contributed by atoms with van der Waals surface area (Å²) in [6.07, 6.45) is 1.68. The molecule has 1 aliphatic heterocycles. The van der Waals surface area contributed by atoms with E-state index in [0.717, 1.165) is 6.42 Å². The molecule has 0 aliphatic carbocycles. The molecule has 2 heterocycles. The van der Waals surface area contributed by atoms with Gasteiger partial charge in [-0.25, -0.2) is 0 Å². The molecule has 7 heteroatoms. The third-order valence-electron chi connectivity index (χ3n) is 4.30. The van der Waals surface area contributed by atoms with Crippen LogP contribution in [0.1, 0.15) is 50.4 Å². The predicted molar refractivity (Wildman–Crippen MR) is 96.6 cm³/mol. The monoisotopic (exact) mass is 366 g/mol. The molecule has 1 aromatic rings. The molecule has 25 heavy (non-hydrogen) atoms. The van der Waals surface area contributed by atoms with E-state index in [1.807, 2.05) is 12.3 Å². The number of rotatable bonds is 8. The van der Waals surface area contributed by atoms with Crippen molar-refractivity contribution in [3.05, 3.63) is 22.4 Å². The molecule has 3 atom stereocenters. The molecule has 0 saturated carbocycles. The third kappa shape index (κ3) is 5.37. The fourth-order valence-corrected chi connectivity index (χ4v) is 3.40. The number of ether oxygens (including phenoxy) is 1. The van der Waals surface area contributed by atoms with Gasteiger partial charge >= 0.3 is 0 Å². The molecule has 1 aromatic heterocycles. The first-order chi connectivity index (χ1) is 11.9. The number of thiophene rings is 1. The Labute approximate surface area is 152 Å². The van der Waals surface area contributed by atoms with E-state index in [4.69, 9.17) is 4.74 Å². The van der Waals surface area contributed by atoms with E-state index in [0.29, 0.717) is 24.3 Å². The number of hydrogen-bond acceptors (Lipinski definition) is 5. The van der Waals surface area contributed by atoms with Crippen LogP contribution in [0.2, 0.25) is 0 Å². The van der Waals surface area contributed by atoms with Crippen molar-refractivity contribution in [3.8, 4) is 0 Å². The van der Waals surface area contributed by atoms with Crippen molar-refractivity contribution in [2.45, 2.75) is 58.2 Å². The van der Waals surface area contributed by atoms with E-state index in [1.165, 1.54) is 11.3 Å². The molecule has 6 nitrogen and oxygen atoms in total. The van der Waals surface area contributed by atoms with Crippen LogP contribution in [0, 0.1) is 5.92 Å². The Hall–Kier alpha value is -1.73. The molecule has 2 rings (SSSR count). The summed E-state index contributed by atoms with van der Waals surface area (Å²) in [5.74, 6) is -0.308. The lowest BCUT2D eigenvalue weighted by atomic mass is 10.0. The minimum Gasteiger partial charge on any atom is -0.368 e. The Kier molecular flexibility index (Phi) is 7.13. The number of hydrogen-bond donors (Lipinski definition) is 2. The number of ketones is 1. The molecule has 1 fully saturated rings. The van der Waals surface area contributed by atoms with Crippen molar-refractivity contribution in [2.24, 2.45) is 5.92 Å². The average Bonchev–Trinajstić information content (AvgIpc) is 3.22. The van der Waals surface area contributed by atoms with E-state index in [1.54, 1.807) is 11.4 Å². The molecule has 0 bridgehead atoms. The van der Waals surface area contributed by atoms with Gasteiger partial charge in [-0.2, -0.15) is 11.3 Å². The van der Waals surface area contributed by atoms with Gasteiger partial charge in [0.2, 0.25) is 5.91 Å². The van der Waals surface area contributed by atoms with E-state index in [9.17, 15) is 14.4 Å². The maximum Gasteiger partial charge on any atom is 0.252 e. The van der Waals surface area contributed by atoms with Crippen LogP contribution in [-0.4, -0.2) is 42.4 Å². The van der Waals surface area contributed by atoms with Gasteiger partial charge in [-0.15, -0.1) is 0 Å². The van der Waals surface area contributed by atoms with Gasteiger partial charge < -0.3 is 15.4 Å². The number of nitrogens with one attached hydrogen (secondary N) is 2. The summed E-state index contributed by atoms with van der Waals surface area (Å²) < 4.78 is 5.40. The Morgan fingerprint density at radius 1 is 1.36 bits per heavy atom. The first-order valence-corrected chi connectivity index (χ1v) is 9.64. The minimum absolute atomic E-state index is 0.0291. The Morgan fingerprint density at radius 2 is 2.12 bits per heavy atom. The van der Waals surface area contributed by atoms with Crippen molar-refractivity contribution in [1.29, 1.82) is 0 Å². The second-order valence-electron chi connectivity index (χ2n) is 6.72. The van der Waals surface area contributed by atoms with Crippen LogP contribution in [0.15, 0.2) is 16.8 Å². The van der Waals surface area contributed by atoms with E-state index < -0.39 is 12.1 Å². The van der Waals surface area contributed by atoms with Crippen molar-refractivity contribution in [1.82, 2.24) is 10.6 Å². The summed E-state index contributed by atoms with van der Waals surface area (Å²) in [6, 6.07) is 0.427. The summed E-state index contributed by atoms with van der Waals surface area (Å²) in [5, 5.41) is 9.14. The van der Waals surface area contributed by atoms with Crippen molar-refractivity contribution < 1.29 is 19.1 Å². The number of amides is 2. The van der Waals surface area contributed by atoms with Gasteiger partial charge in [-0.05, 0) is 36.6 Å². The summed E-state index contributed by atoms with van der Waals surface area (Å²) in [7, 11) is 0. The summed E-state index contributed by atoms with van der Waals surface area (Å²) >= 11 is 1.43. The van der Waals surface area contributed by atoms with Crippen molar-refractivity contribution >= 4 is 28.9 Å². The molecular formula is C18H26N2O4S. The van der Waals surface area contributed by atoms with Gasteiger partial charge in [-0.1, -0.05) is 20.8 Å². The quantitative estimate of drug-likeness (QED) is 0.738. The van der Waals surface area contributed by atoms with Crippen LogP contribution in [0.4, 0.5) is 0 Å². The Bertz CT molecular complexity index is 600. The van der Waals surface area contributed by atoms with Crippen molar-refractivity contribution in [3.63, 3.8) is 0 Å². The lowest BCUT2D eigenvalue weighted by Crippen LogP contribution is -2.53. The Balaban J connectivity index is 2.04. The fourth-order valence-electron chi connectivity index (χ4n) is 2.77. The highest BCUT2D eigenvalue weighted by molar-refractivity contribution is 7.08. The smallest absolute Gasteiger partial charge is 0.252 e. The first-order valence-electron chi connectivity index (χ1n) is 8.70. The largest absolute Gasteiger partial charge is 0.368 e. The van der Waals surface area contributed by atoms with Crippen molar-refractivity contribution in [2.75, 3.05) is 6.61 Å². The van der Waals surface area contributed by atoms with Crippen LogP contribution in [0.25, 0.3) is 0 Å². The number of Topliss-reactive ketones (excluding diaryl/α,β-unsaturated/α-hetero) is 1. The molecule has 0 spiro atoms. The lowest BCUT2D eigenvalue weighted by Gasteiger charge is -2.23. The fraction of sp³-hybridized carbons (Fsp3) is 0.611. The second kappa shape index (κ2) is 9.10. The van der Waals surface area contributed by atoms with Crippen LogP contribution >= 0.6 is 11.3 Å². The second-order valence-corrected chi connectivity index (χ2v) is 7.50. The van der Waals surface area contributed by atoms with Crippen LogP contribution in [0.5, 0.6) is 0 Å². The molecule has 138 valence electrons. The summed E-state index contributed by atoms with van der Waals surface area (Å²) in [4.78, 5) is 37.0. The zero-order valence-corrected chi connectivity index (χ0v) is 15.7. The molecule has 2 unspecified atom stereocenters. The van der Waals surface area contributed by atoms with E-state index >= 15 is 0 Å². The van der Waals surface area contributed by atoms with Gasteiger partial charge in [-0.3, -0.25) is 14.4 Å². The van der Waals surface area contributed by atoms with Crippen LogP contribution in [-0.2, 0) is 14.3 Å². The van der Waals surface area contributed by atoms with Gasteiger partial charge in [0.05, 0.1) is 11.7 Å². The van der Waals surface area contributed by atoms with Gasteiger partial charge in [0.1, 0.15) is 18.7 Å². The zero-order valence-electron chi connectivity index (χ0n) is 14.9. The van der Waals surface area contributed by atoms with Gasteiger partial charge in [0.25, 0.3) is 5.91 Å². The third-order valence-corrected chi connectivity index (χ3v) is 4.98. The molecule has 0 aromatic carbocycles. The summed E-state index contributed by atoms with van der Waals surface area (Å²) in [5.41, 5.74) is 0.541. The lowest BCUT2D eigenvalue weighted by molar-refractivity contribution is -0.127. The maximum absolute atomic E-state index is 12.7. The average molecular weight is 366 g/mol. The highest BCUT2D eigenvalue weighted by Crippen LogP contribution is 2.15. The van der Waals surface area contributed by atoms with E-state index in [2.05, 4.69) is 24.5 Å². The highest BCUT2D eigenvalue weighted by atomic mass is 32.1. The predicted octanol–water partition coefficient (Wildman–Crippen LogP) is 2.15. The number of carbonyl (C=O) groups is 3. The first kappa shape index (κ1) is 19.6. The van der Waals surface area contributed by atoms with Crippen LogP contribution in [0.3, 0.4) is 0 Å². The normalized spacial score (nSPS) is 21.4. The highest BCUT2D eigenvalue weighted by Gasteiger charge is 2.37.